The molecule has 2 aromatic rings. The van der Waals surface area contributed by atoms with Gasteiger partial charge in [0, 0.05) is 25.2 Å². The third kappa shape index (κ3) is 8.22. The van der Waals surface area contributed by atoms with Gasteiger partial charge in [0.05, 0.1) is 10.0 Å². The molecular weight excluding hydrogens is 391 g/mol. The van der Waals surface area contributed by atoms with Gasteiger partial charge in [0.15, 0.2) is 0 Å². The first-order valence-corrected chi connectivity index (χ1v) is 10.8. The lowest BCUT2D eigenvalue weighted by Crippen LogP contribution is -2.30. The average molecular weight is 421 g/mol. The number of hydrogen-bond acceptors (Lipinski definition) is 2. The molecule has 2 aromatic carbocycles. The third-order valence-electron chi connectivity index (χ3n) is 4.87. The summed E-state index contributed by atoms with van der Waals surface area (Å²) in [5.41, 5.74) is 3.35. The minimum absolute atomic E-state index is 0.0249. The largest absolute Gasteiger partial charge is 0.326 e. The molecule has 0 spiro atoms. The molecule has 0 heterocycles. The highest BCUT2D eigenvalue weighted by Gasteiger charge is 2.12. The zero-order valence-corrected chi connectivity index (χ0v) is 18.2. The summed E-state index contributed by atoms with van der Waals surface area (Å²) in [6, 6.07) is 14.4. The van der Waals surface area contributed by atoms with Crippen LogP contribution in [0.3, 0.4) is 0 Å². The summed E-state index contributed by atoms with van der Waals surface area (Å²) >= 11 is 11.5. The van der Waals surface area contributed by atoms with Gasteiger partial charge in [-0.1, -0.05) is 67.6 Å². The number of halogens is 2. The summed E-state index contributed by atoms with van der Waals surface area (Å²) in [6.45, 7) is 4.53. The van der Waals surface area contributed by atoms with E-state index in [0.717, 1.165) is 18.7 Å². The molecule has 0 bridgehead atoms. The van der Waals surface area contributed by atoms with Crippen molar-refractivity contribution in [3.8, 4) is 0 Å². The summed E-state index contributed by atoms with van der Waals surface area (Å²) in [4.78, 5) is 10.9. The highest BCUT2D eigenvalue weighted by molar-refractivity contribution is 6.42. The minimum atomic E-state index is -0.0249. The second-order valence-corrected chi connectivity index (χ2v) is 8.01. The molecule has 1 aliphatic carbocycles. The summed E-state index contributed by atoms with van der Waals surface area (Å²) < 4.78 is 0. The molecule has 28 heavy (non-hydrogen) atoms. The Morgan fingerprint density at radius 1 is 0.964 bits per heavy atom. The third-order valence-corrected chi connectivity index (χ3v) is 5.61. The summed E-state index contributed by atoms with van der Waals surface area (Å²) in [5.74, 6) is -0.0249. The van der Waals surface area contributed by atoms with E-state index in [4.69, 9.17) is 23.2 Å². The molecule has 1 fully saturated rings. The van der Waals surface area contributed by atoms with Gasteiger partial charge < -0.3 is 10.6 Å². The lowest BCUT2D eigenvalue weighted by atomic mass is 9.95. The normalized spacial score (nSPS) is 14.1. The summed E-state index contributed by atoms with van der Waals surface area (Å²) in [5, 5.41) is 7.65. The highest BCUT2D eigenvalue weighted by Crippen LogP contribution is 2.22. The molecule has 1 saturated carbocycles. The second-order valence-electron chi connectivity index (χ2n) is 7.20. The fraction of sp³-hybridized carbons (Fsp3) is 0.435. The number of aryl methyl sites for hydroxylation is 1. The van der Waals surface area contributed by atoms with E-state index in [-0.39, 0.29) is 5.91 Å². The minimum Gasteiger partial charge on any atom is -0.326 e. The van der Waals surface area contributed by atoms with Crippen LogP contribution in [0.1, 0.15) is 57.1 Å². The number of carbonyl (C=O) groups excluding carboxylic acids is 1. The van der Waals surface area contributed by atoms with Crippen LogP contribution in [0.25, 0.3) is 0 Å². The zero-order valence-electron chi connectivity index (χ0n) is 16.7. The van der Waals surface area contributed by atoms with Gasteiger partial charge in [0.2, 0.25) is 5.91 Å². The molecule has 0 aliphatic heterocycles. The standard InChI is InChI=1S/C15H22N2O.C8H8Cl2/c1-12(18)17-15-9-7-13(8-10-15)11-16-14-5-3-2-4-6-14;1-2-6-3-4-7(9)8(10)5-6/h7-10,14,16H,2-6,11H2,1H3,(H,17,18);3-5H,2H2,1H3. The van der Waals surface area contributed by atoms with Crippen LogP contribution in [0.4, 0.5) is 5.69 Å². The van der Waals surface area contributed by atoms with Crippen LogP contribution in [0.2, 0.25) is 10.0 Å². The molecule has 0 unspecified atom stereocenters. The first-order valence-electron chi connectivity index (χ1n) is 10.0. The highest BCUT2D eigenvalue weighted by atomic mass is 35.5. The number of benzene rings is 2. The van der Waals surface area contributed by atoms with Gasteiger partial charge >= 0.3 is 0 Å². The molecule has 1 aliphatic rings. The molecule has 152 valence electrons. The Bertz CT molecular complexity index is 741. The van der Waals surface area contributed by atoms with Crippen molar-refractivity contribution < 1.29 is 4.79 Å². The Morgan fingerprint density at radius 2 is 1.61 bits per heavy atom. The van der Waals surface area contributed by atoms with E-state index in [9.17, 15) is 4.79 Å². The van der Waals surface area contributed by atoms with Crippen molar-refractivity contribution in [3.63, 3.8) is 0 Å². The van der Waals surface area contributed by atoms with E-state index >= 15 is 0 Å². The molecule has 1 amide bonds. The van der Waals surface area contributed by atoms with Crippen LogP contribution in [-0.2, 0) is 17.8 Å². The van der Waals surface area contributed by atoms with Gasteiger partial charge in [-0.25, -0.2) is 0 Å². The van der Waals surface area contributed by atoms with Crippen LogP contribution in [0, 0.1) is 0 Å². The second kappa shape index (κ2) is 12.1. The van der Waals surface area contributed by atoms with Crippen LogP contribution in [0.15, 0.2) is 42.5 Å². The fourth-order valence-electron chi connectivity index (χ4n) is 3.24. The van der Waals surface area contributed by atoms with Crippen molar-refractivity contribution in [1.29, 1.82) is 0 Å². The quantitative estimate of drug-likeness (QED) is 0.569. The molecule has 5 heteroatoms. The monoisotopic (exact) mass is 420 g/mol. The van der Waals surface area contributed by atoms with Crippen molar-refractivity contribution in [1.82, 2.24) is 5.32 Å². The van der Waals surface area contributed by atoms with Crippen LogP contribution >= 0.6 is 23.2 Å². The van der Waals surface area contributed by atoms with Gasteiger partial charge in [-0.15, -0.1) is 0 Å². The number of anilines is 1. The average Bonchev–Trinajstić information content (AvgIpc) is 2.70. The zero-order chi connectivity index (χ0) is 20.4. The van der Waals surface area contributed by atoms with E-state index in [1.165, 1.54) is 50.2 Å². The number of hydrogen-bond donors (Lipinski definition) is 2. The fourth-order valence-corrected chi connectivity index (χ4v) is 3.56. The van der Waals surface area contributed by atoms with Crippen LogP contribution in [-0.4, -0.2) is 11.9 Å². The maximum Gasteiger partial charge on any atom is 0.221 e. The molecule has 0 atom stereocenters. The number of amides is 1. The first kappa shape index (κ1) is 22.7. The maximum atomic E-state index is 10.9. The van der Waals surface area contributed by atoms with E-state index in [1.54, 1.807) is 0 Å². The number of carbonyl (C=O) groups is 1. The molecule has 0 radical (unpaired) electrons. The first-order chi connectivity index (χ1) is 13.5. The Morgan fingerprint density at radius 3 is 2.18 bits per heavy atom. The Kier molecular flexibility index (Phi) is 9.83. The predicted octanol–water partition coefficient (Wildman–Crippen LogP) is 6.62. The van der Waals surface area contributed by atoms with Gasteiger partial charge in [-0.3, -0.25) is 4.79 Å². The van der Waals surface area contributed by atoms with Crippen molar-refractivity contribution in [3.05, 3.63) is 63.6 Å². The lowest BCUT2D eigenvalue weighted by Gasteiger charge is -2.22. The molecule has 3 nitrogen and oxygen atoms in total. The smallest absolute Gasteiger partial charge is 0.221 e. The van der Waals surface area contributed by atoms with Crippen molar-refractivity contribution in [2.75, 3.05) is 5.32 Å². The van der Waals surface area contributed by atoms with Crippen molar-refractivity contribution >= 4 is 34.8 Å². The number of rotatable bonds is 5. The summed E-state index contributed by atoms with van der Waals surface area (Å²) in [7, 11) is 0. The lowest BCUT2D eigenvalue weighted by molar-refractivity contribution is -0.114. The molecule has 2 N–H and O–H groups in total. The van der Waals surface area contributed by atoms with Crippen molar-refractivity contribution in [2.24, 2.45) is 0 Å². The predicted molar refractivity (Wildman–Crippen MR) is 120 cm³/mol. The number of nitrogens with one attached hydrogen (secondary N) is 2. The van der Waals surface area contributed by atoms with E-state index in [2.05, 4.69) is 29.7 Å². The molecule has 3 rings (SSSR count). The SMILES string of the molecule is CC(=O)Nc1ccc(CNC2CCCCC2)cc1.CCc1ccc(Cl)c(Cl)c1. The molecule has 0 aromatic heterocycles. The Balaban J connectivity index is 0.000000237. The Hall–Kier alpha value is -1.55. The van der Waals surface area contributed by atoms with Gasteiger partial charge in [0.1, 0.15) is 0 Å². The van der Waals surface area contributed by atoms with E-state index in [1.807, 2.05) is 30.3 Å². The topological polar surface area (TPSA) is 41.1 Å². The molecular formula is C23H30Cl2N2O. The van der Waals surface area contributed by atoms with E-state index < -0.39 is 0 Å². The Labute approximate surface area is 178 Å². The van der Waals surface area contributed by atoms with Crippen LogP contribution in [0.5, 0.6) is 0 Å². The van der Waals surface area contributed by atoms with Gasteiger partial charge in [-0.2, -0.15) is 0 Å². The van der Waals surface area contributed by atoms with E-state index in [0.29, 0.717) is 16.1 Å². The van der Waals surface area contributed by atoms with Crippen molar-refractivity contribution in [2.45, 2.75) is 65.0 Å². The molecule has 0 saturated heterocycles. The van der Waals surface area contributed by atoms with Gasteiger partial charge in [-0.05, 0) is 54.7 Å². The van der Waals surface area contributed by atoms with Gasteiger partial charge in [0.25, 0.3) is 0 Å². The van der Waals surface area contributed by atoms with Crippen LogP contribution < -0.4 is 10.6 Å². The summed E-state index contributed by atoms with van der Waals surface area (Å²) in [6.07, 6.45) is 7.73. The maximum absolute atomic E-state index is 10.9.